The van der Waals surface area contributed by atoms with Crippen molar-refractivity contribution in [2.45, 2.75) is 0 Å². The van der Waals surface area contributed by atoms with Crippen LogP contribution < -0.4 is 0 Å². The van der Waals surface area contributed by atoms with Crippen molar-refractivity contribution >= 4 is 27.1 Å². The van der Waals surface area contributed by atoms with Gasteiger partial charge in [0.05, 0.1) is 0 Å². The lowest BCUT2D eigenvalue weighted by Gasteiger charge is -2.12. The second-order valence-electron chi connectivity index (χ2n) is 3.94. The molecule has 10 nitrogen and oxygen atoms in total. The van der Waals surface area contributed by atoms with E-state index >= 15 is 0 Å². The Morgan fingerprint density at radius 2 is 1.00 bits per heavy atom. The highest BCUT2D eigenvalue weighted by Crippen LogP contribution is 2.46. The van der Waals surface area contributed by atoms with Gasteiger partial charge in [-0.25, -0.2) is 0 Å². The summed E-state index contributed by atoms with van der Waals surface area (Å²) in [6, 6.07) is 0. The van der Waals surface area contributed by atoms with Crippen molar-refractivity contribution in [1.82, 2.24) is 0 Å². The minimum absolute atomic E-state index is 0.293. The van der Waals surface area contributed by atoms with Gasteiger partial charge in [-0.2, -0.15) is 0 Å². The van der Waals surface area contributed by atoms with Crippen LogP contribution >= 0.6 is 15.2 Å². The van der Waals surface area contributed by atoms with Gasteiger partial charge in [-0.05, 0) is 0 Å². The van der Waals surface area contributed by atoms with Gasteiger partial charge in [-0.15, -0.1) is 0 Å². The summed E-state index contributed by atoms with van der Waals surface area (Å²) in [6.45, 7) is -0.586. The molecule has 0 amide bonds. The van der Waals surface area contributed by atoms with E-state index in [4.69, 9.17) is 9.47 Å². The van der Waals surface area contributed by atoms with Crippen molar-refractivity contribution in [2.75, 3.05) is 54.0 Å². The Morgan fingerprint density at radius 1 is 0.708 bits per heavy atom. The molecule has 0 radical (unpaired) electrons. The van der Waals surface area contributed by atoms with Gasteiger partial charge in [0.25, 0.3) is 0 Å². The van der Waals surface area contributed by atoms with E-state index in [9.17, 15) is 18.7 Å². The van der Waals surface area contributed by atoms with Crippen LogP contribution in [0.1, 0.15) is 0 Å². The van der Waals surface area contributed by atoms with Crippen LogP contribution in [0.2, 0.25) is 0 Å². The summed E-state index contributed by atoms with van der Waals surface area (Å²) >= 11 is 0. The minimum atomic E-state index is -3.48. The van der Waals surface area contributed by atoms with Crippen molar-refractivity contribution in [1.29, 1.82) is 0 Å². The van der Waals surface area contributed by atoms with Gasteiger partial charge in [0, 0.05) is 28.4 Å². The number of hydrogen-bond acceptors (Lipinski definition) is 10. The first-order valence-corrected chi connectivity index (χ1v) is 9.87. The lowest BCUT2D eigenvalue weighted by atomic mass is 10.6. The van der Waals surface area contributed by atoms with E-state index in [1.807, 2.05) is 0 Å². The van der Waals surface area contributed by atoms with Crippen molar-refractivity contribution < 1.29 is 46.3 Å². The third kappa shape index (κ3) is 9.18. The van der Waals surface area contributed by atoms with Crippen molar-refractivity contribution in [3.63, 3.8) is 0 Å². The van der Waals surface area contributed by atoms with Crippen LogP contribution in [0.4, 0.5) is 0 Å². The maximum atomic E-state index is 11.7. The molecule has 0 aliphatic heterocycles. The molecule has 138 valence electrons. The Balaban J connectivity index is 4.09. The zero-order valence-corrected chi connectivity index (χ0v) is 15.6. The lowest BCUT2D eigenvalue weighted by Crippen LogP contribution is -2.13. The fourth-order valence-electron chi connectivity index (χ4n) is 1.15. The summed E-state index contributed by atoms with van der Waals surface area (Å²) in [5.74, 6) is 3.20. The first-order valence-electron chi connectivity index (χ1n) is 6.42. The van der Waals surface area contributed by atoms with Crippen LogP contribution in [-0.4, -0.2) is 65.9 Å². The van der Waals surface area contributed by atoms with E-state index < -0.39 is 39.5 Å². The molecule has 0 aromatic heterocycles. The molecule has 0 aliphatic carbocycles. The second-order valence-corrected chi connectivity index (χ2v) is 8.48. The Labute approximate surface area is 140 Å². The molecule has 12 heteroatoms. The Bertz CT molecular complexity index is 512. The second kappa shape index (κ2) is 11.4. The van der Waals surface area contributed by atoms with Gasteiger partial charge >= 0.3 is 27.1 Å². The molecule has 0 saturated carbocycles. The molecule has 0 heterocycles. The maximum absolute atomic E-state index is 11.7. The van der Waals surface area contributed by atoms with E-state index in [0.717, 1.165) is 28.4 Å². The lowest BCUT2D eigenvalue weighted by molar-refractivity contribution is -0.140. The van der Waals surface area contributed by atoms with Gasteiger partial charge in [-0.3, -0.25) is 18.7 Å². The third-order valence-electron chi connectivity index (χ3n) is 2.49. The van der Waals surface area contributed by atoms with E-state index in [2.05, 4.69) is 29.9 Å². The summed E-state index contributed by atoms with van der Waals surface area (Å²) in [7, 11) is -2.36. The quantitative estimate of drug-likeness (QED) is 0.306. The standard InChI is InChI=1S/C12H20O10P2/c1-17-23(15,18-2)9-11(13)21-7-5-6-8-22-12(14)10-24(16,19-3)20-4/h7-10H2,1-4H3. The highest BCUT2D eigenvalue weighted by molar-refractivity contribution is 7.55. The van der Waals surface area contributed by atoms with E-state index in [-0.39, 0.29) is 13.2 Å². The molecule has 0 N–H and O–H groups in total. The van der Waals surface area contributed by atoms with Crippen molar-refractivity contribution in [3.05, 3.63) is 0 Å². The molecule has 0 unspecified atom stereocenters. The molecule has 0 atom stereocenters. The zero-order valence-electron chi connectivity index (χ0n) is 13.8. The maximum Gasteiger partial charge on any atom is 0.341 e. The molecule has 0 aromatic carbocycles. The SMILES string of the molecule is COP(=O)(CC(=O)OCC#CCOC(=O)CP(=O)(OC)OC)OC. The molecule has 24 heavy (non-hydrogen) atoms. The summed E-state index contributed by atoms with van der Waals surface area (Å²) in [4.78, 5) is 22.7. The number of carbonyl (C=O) groups excluding carboxylic acids is 2. The van der Waals surface area contributed by atoms with Crippen molar-refractivity contribution in [2.24, 2.45) is 0 Å². The Hall–Kier alpha value is -1.20. The Kier molecular flexibility index (Phi) is 10.8. The summed E-state index contributed by atoms with van der Waals surface area (Å²) in [5.41, 5.74) is 0. The van der Waals surface area contributed by atoms with Crippen LogP contribution in [0.15, 0.2) is 0 Å². The predicted molar refractivity (Wildman–Crippen MR) is 82.7 cm³/mol. The molecule has 0 saturated heterocycles. The molecule has 0 aliphatic rings. The van der Waals surface area contributed by atoms with Crippen LogP contribution in [-0.2, 0) is 46.3 Å². The van der Waals surface area contributed by atoms with E-state index in [1.54, 1.807) is 0 Å². The highest BCUT2D eigenvalue weighted by Gasteiger charge is 2.27. The van der Waals surface area contributed by atoms with Gasteiger partial charge in [0.2, 0.25) is 0 Å². The molecule has 0 fully saturated rings. The molecule has 0 aromatic rings. The van der Waals surface area contributed by atoms with Gasteiger partial charge in [0.15, 0.2) is 13.2 Å². The summed E-state index contributed by atoms with van der Waals surface area (Å²) < 4.78 is 51.0. The zero-order chi connectivity index (χ0) is 18.6. The number of carbonyl (C=O) groups is 2. The topological polar surface area (TPSA) is 124 Å². The average molecular weight is 386 g/mol. The van der Waals surface area contributed by atoms with Gasteiger partial charge in [0.1, 0.15) is 12.3 Å². The molecule has 0 bridgehead atoms. The summed E-state index contributed by atoms with van der Waals surface area (Å²) in [5, 5.41) is 0. The van der Waals surface area contributed by atoms with Crippen LogP contribution in [0.5, 0.6) is 0 Å². The van der Waals surface area contributed by atoms with E-state index in [1.165, 1.54) is 0 Å². The first-order chi connectivity index (χ1) is 11.2. The third-order valence-corrected chi connectivity index (χ3v) is 6.01. The first kappa shape index (κ1) is 22.8. The smallest absolute Gasteiger partial charge is 0.341 e. The predicted octanol–water partition coefficient (Wildman–Crippen LogP) is 1.05. The molecular weight excluding hydrogens is 366 g/mol. The highest BCUT2D eigenvalue weighted by atomic mass is 31.2. The normalized spacial score (nSPS) is 11.3. The number of hydrogen-bond donors (Lipinski definition) is 0. The number of ether oxygens (including phenoxy) is 2. The summed E-state index contributed by atoms with van der Waals surface area (Å²) in [6.07, 6.45) is -1.08. The average Bonchev–Trinajstić information content (AvgIpc) is 2.57. The number of rotatable bonds is 10. The number of esters is 2. The van der Waals surface area contributed by atoms with Crippen LogP contribution in [0.3, 0.4) is 0 Å². The monoisotopic (exact) mass is 386 g/mol. The fourth-order valence-corrected chi connectivity index (χ4v) is 2.78. The van der Waals surface area contributed by atoms with Crippen LogP contribution in [0, 0.1) is 11.8 Å². The van der Waals surface area contributed by atoms with Crippen molar-refractivity contribution in [3.8, 4) is 11.8 Å². The molecule has 0 rings (SSSR count). The Morgan fingerprint density at radius 3 is 1.25 bits per heavy atom. The van der Waals surface area contributed by atoms with E-state index in [0.29, 0.717) is 0 Å². The minimum Gasteiger partial charge on any atom is -0.452 e. The fraction of sp³-hybridized carbons (Fsp3) is 0.667. The molecular formula is C12H20O10P2. The largest absolute Gasteiger partial charge is 0.452 e. The van der Waals surface area contributed by atoms with Gasteiger partial charge in [-0.1, -0.05) is 11.8 Å². The van der Waals surface area contributed by atoms with Gasteiger partial charge < -0.3 is 27.6 Å². The van der Waals surface area contributed by atoms with Crippen LogP contribution in [0.25, 0.3) is 0 Å². The molecule has 0 spiro atoms.